The van der Waals surface area contributed by atoms with Crippen LogP contribution in [0.4, 0.5) is 0 Å². The van der Waals surface area contributed by atoms with Gasteiger partial charge in [-0.1, -0.05) is 0 Å². The molecule has 0 aromatic carbocycles. The summed E-state index contributed by atoms with van der Waals surface area (Å²) < 4.78 is 4.83. The standard InChI is InChI=1S/C9H18N2O3/c1-8(12)11(2)7-9(13)10-5-4-6-14-3/h4-7H2,1-3H3,(H,10,13). The molecule has 0 saturated carbocycles. The third-order valence-corrected chi connectivity index (χ3v) is 1.77. The van der Waals surface area contributed by atoms with Gasteiger partial charge in [-0.3, -0.25) is 9.59 Å². The molecule has 5 heteroatoms. The van der Waals surface area contributed by atoms with E-state index in [9.17, 15) is 9.59 Å². The van der Waals surface area contributed by atoms with Gasteiger partial charge < -0.3 is 15.0 Å². The summed E-state index contributed by atoms with van der Waals surface area (Å²) >= 11 is 0. The first-order valence-corrected chi connectivity index (χ1v) is 4.55. The van der Waals surface area contributed by atoms with Crippen LogP contribution in [0.1, 0.15) is 13.3 Å². The lowest BCUT2D eigenvalue weighted by molar-refractivity contribution is -0.133. The van der Waals surface area contributed by atoms with E-state index in [-0.39, 0.29) is 18.4 Å². The molecular formula is C9H18N2O3. The summed E-state index contributed by atoms with van der Waals surface area (Å²) in [5.74, 6) is -0.254. The molecule has 0 saturated heterocycles. The zero-order valence-electron chi connectivity index (χ0n) is 9.00. The fraction of sp³-hybridized carbons (Fsp3) is 0.778. The molecule has 0 aromatic rings. The summed E-state index contributed by atoms with van der Waals surface area (Å²) in [6.45, 7) is 2.75. The van der Waals surface area contributed by atoms with E-state index in [1.807, 2.05) is 0 Å². The Kier molecular flexibility index (Phi) is 6.74. The number of ether oxygens (including phenoxy) is 1. The highest BCUT2D eigenvalue weighted by Gasteiger charge is 2.07. The summed E-state index contributed by atoms with van der Waals surface area (Å²) in [5, 5.41) is 2.69. The highest BCUT2D eigenvalue weighted by Crippen LogP contribution is 1.83. The van der Waals surface area contributed by atoms with Crippen LogP contribution in [0.15, 0.2) is 0 Å². The molecule has 0 spiro atoms. The summed E-state index contributed by atoms with van der Waals surface area (Å²) in [6, 6.07) is 0. The van der Waals surface area contributed by atoms with E-state index in [1.165, 1.54) is 11.8 Å². The Bertz CT molecular complexity index is 194. The number of rotatable bonds is 6. The second-order valence-corrected chi connectivity index (χ2v) is 3.07. The number of methoxy groups -OCH3 is 1. The highest BCUT2D eigenvalue weighted by molar-refractivity contribution is 5.83. The van der Waals surface area contributed by atoms with Crippen LogP contribution >= 0.6 is 0 Å². The van der Waals surface area contributed by atoms with Crippen LogP contribution in [0.3, 0.4) is 0 Å². The smallest absolute Gasteiger partial charge is 0.239 e. The number of hydrogen-bond donors (Lipinski definition) is 1. The largest absolute Gasteiger partial charge is 0.385 e. The molecule has 0 bridgehead atoms. The fourth-order valence-corrected chi connectivity index (χ4v) is 0.827. The van der Waals surface area contributed by atoms with Gasteiger partial charge in [0, 0.05) is 34.2 Å². The van der Waals surface area contributed by atoms with Gasteiger partial charge in [0.2, 0.25) is 11.8 Å². The number of nitrogens with one attached hydrogen (secondary N) is 1. The SMILES string of the molecule is COCCCNC(=O)CN(C)C(C)=O. The van der Waals surface area contributed by atoms with Gasteiger partial charge in [0.15, 0.2) is 0 Å². The molecule has 0 fully saturated rings. The average Bonchev–Trinajstić information content (AvgIpc) is 2.12. The Morgan fingerprint density at radius 3 is 2.57 bits per heavy atom. The van der Waals surface area contributed by atoms with Crippen molar-refractivity contribution in [2.24, 2.45) is 0 Å². The summed E-state index contributed by atoms with van der Waals surface area (Å²) in [5.41, 5.74) is 0. The maximum Gasteiger partial charge on any atom is 0.239 e. The van der Waals surface area contributed by atoms with Crippen LogP contribution in [-0.2, 0) is 14.3 Å². The molecule has 1 N–H and O–H groups in total. The lowest BCUT2D eigenvalue weighted by Gasteiger charge is -2.13. The third kappa shape index (κ3) is 6.42. The van der Waals surface area contributed by atoms with E-state index in [1.54, 1.807) is 14.2 Å². The molecule has 82 valence electrons. The first kappa shape index (κ1) is 12.9. The van der Waals surface area contributed by atoms with Crippen molar-refractivity contribution in [1.29, 1.82) is 0 Å². The van der Waals surface area contributed by atoms with Crippen LogP contribution < -0.4 is 5.32 Å². The Morgan fingerprint density at radius 1 is 1.43 bits per heavy atom. The zero-order chi connectivity index (χ0) is 11.0. The van der Waals surface area contributed by atoms with E-state index < -0.39 is 0 Å². The monoisotopic (exact) mass is 202 g/mol. The fourth-order valence-electron chi connectivity index (χ4n) is 0.827. The molecule has 0 aliphatic rings. The van der Waals surface area contributed by atoms with Crippen LogP contribution in [0.25, 0.3) is 0 Å². The molecule has 0 radical (unpaired) electrons. The third-order valence-electron chi connectivity index (χ3n) is 1.77. The van der Waals surface area contributed by atoms with Gasteiger partial charge in [-0.2, -0.15) is 0 Å². The first-order valence-electron chi connectivity index (χ1n) is 4.55. The van der Waals surface area contributed by atoms with Gasteiger partial charge >= 0.3 is 0 Å². The summed E-state index contributed by atoms with van der Waals surface area (Å²) in [4.78, 5) is 23.3. The van der Waals surface area contributed by atoms with E-state index in [4.69, 9.17) is 4.74 Å². The van der Waals surface area contributed by atoms with E-state index in [0.29, 0.717) is 13.2 Å². The molecular weight excluding hydrogens is 184 g/mol. The highest BCUT2D eigenvalue weighted by atomic mass is 16.5. The number of nitrogens with zero attached hydrogens (tertiary/aromatic N) is 1. The van der Waals surface area contributed by atoms with Crippen molar-refractivity contribution in [1.82, 2.24) is 10.2 Å². The van der Waals surface area contributed by atoms with Crippen LogP contribution in [0.2, 0.25) is 0 Å². The lowest BCUT2D eigenvalue weighted by atomic mass is 10.4. The van der Waals surface area contributed by atoms with Gasteiger partial charge in [0.05, 0.1) is 6.54 Å². The lowest BCUT2D eigenvalue weighted by Crippen LogP contribution is -2.37. The van der Waals surface area contributed by atoms with E-state index in [0.717, 1.165) is 6.42 Å². The first-order chi connectivity index (χ1) is 6.57. The van der Waals surface area contributed by atoms with Crippen molar-refractivity contribution in [2.45, 2.75) is 13.3 Å². The van der Waals surface area contributed by atoms with Gasteiger partial charge in [-0.15, -0.1) is 0 Å². The Morgan fingerprint density at radius 2 is 2.07 bits per heavy atom. The van der Waals surface area contributed by atoms with Crippen LogP contribution in [-0.4, -0.2) is 50.6 Å². The van der Waals surface area contributed by atoms with Crippen molar-refractivity contribution in [3.8, 4) is 0 Å². The second-order valence-electron chi connectivity index (χ2n) is 3.07. The van der Waals surface area contributed by atoms with Crippen molar-refractivity contribution in [3.05, 3.63) is 0 Å². The average molecular weight is 202 g/mol. The van der Waals surface area contributed by atoms with Crippen molar-refractivity contribution < 1.29 is 14.3 Å². The van der Waals surface area contributed by atoms with Gasteiger partial charge in [0.1, 0.15) is 0 Å². The van der Waals surface area contributed by atoms with Gasteiger partial charge in [0.25, 0.3) is 0 Å². The summed E-state index contributed by atoms with van der Waals surface area (Å²) in [7, 11) is 3.21. The Balaban J connectivity index is 3.50. The molecule has 2 amide bonds. The maximum absolute atomic E-state index is 11.2. The molecule has 0 aliphatic carbocycles. The second kappa shape index (κ2) is 7.32. The number of likely N-dealkylation sites (N-methyl/N-ethyl adjacent to an activating group) is 1. The van der Waals surface area contributed by atoms with E-state index >= 15 is 0 Å². The molecule has 0 atom stereocenters. The number of carbonyl (C=O) groups is 2. The molecule has 0 heterocycles. The zero-order valence-corrected chi connectivity index (χ0v) is 9.00. The number of carbonyl (C=O) groups excluding carboxylic acids is 2. The minimum absolute atomic E-state index is 0.113. The maximum atomic E-state index is 11.2. The normalized spacial score (nSPS) is 9.64. The number of amides is 2. The topological polar surface area (TPSA) is 58.6 Å². The van der Waals surface area contributed by atoms with Crippen LogP contribution in [0, 0.1) is 0 Å². The Hall–Kier alpha value is -1.10. The molecule has 0 rings (SSSR count). The van der Waals surface area contributed by atoms with E-state index in [2.05, 4.69) is 5.32 Å². The number of hydrogen-bond acceptors (Lipinski definition) is 3. The minimum atomic E-state index is -0.140. The molecule has 0 aliphatic heterocycles. The predicted molar refractivity (Wildman–Crippen MR) is 52.8 cm³/mol. The van der Waals surface area contributed by atoms with Crippen molar-refractivity contribution >= 4 is 11.8 Å². The predicted octanol–water partition coefficient (Wildman–Crippen LogP) is -0.383. The van der Waals surface area contributed by atoms with Gasteiger partial charge in [-0.05, 0) is 6.42 Å². The molecule has 14 heavy (non-hydrogen) atoms. The minimum Gasteiger partial charge on any atom is -0.385 e. The van der Waals surface area contributed by atoms with Crippen molar-refractivity contribution in [2.75, 3.05) is 33.9 Å². The molecule has 5 nitrogen and oxygen atoms in total. The summed E-state index contributed by atoms with van der Waals surface area (Å²) in [6.07, 6.45) is 0.784. The molecule has 0 unspecified atom stereocenters. The van der Waals surface area contributed by atoms with Gasteiger partial charge in [-0.25, -0.2) is 0 Å². The molecule has 0 aromatic heterocycles. The quantitative estimate of drug-likeness (QED) is 0.597. The Labute approximate surface area is 84.4 Å². The van der Waals surface area contributed by atoms with Crippen molar-refractivity contribution in [3.63, 3.8) is 0 Å². The van der Waals surface area contributed by atoms with Crippen LogP contribution in [0.5, 0.6) is 0 Å².